The molecular weight excluding hydrogens is 460 g/mol. The van der Waals surface area contributed by atoms with Gasteiger partial charge >= 0.3 is 0 Å². The first-order valence-electron chi connectivity index (χ1n) is 17.9. The smallest absolute Gasteiger partial charge is 0.234 e. The molecule has 0 aromatic carbocycles. The molecule has 2 heteroatoms. The molecule has 224 valence electrons. The van der Waals surface area contributed by atoms with E-state index >= 15 is 0 Å². The van der Waals surface area contributed by atoms with Gasteiger partial charge in [0.15, 0.2) is 0 Å². The summed E-state index contributed by atoms with van der Waals surface area (Å²) in [6.07, 6.45) is 44.5. The van der Waals surface area contributed by atoms with Gasteiger partial charge in [0.1, 0.15) is 12.4 Å². The third kappa shape index (κ3) is 20.2. The molecular formula is C36H71N2+. The normalized spacial score (nSPS) is 11.6. The fourth-order valence-corrected chi connectivity index (χ4v) is 5.97. The lowest BCUT2D eigenvalue weighted by molar-refractivity contribution is -0.704. The van der Waals surface area contributed by atoms with Crippen molar-refractivity contribution in [3.8, 4) is 0 Å². The molecule has 0 radical (unpaired) electrons. The van der Waals surface area contributed by atoms with E-state index in [1.165, 1.54) is 193 Å². The quantitative estimate of drug-likeness (QED) is 0.0689. The lowest BCUT2D eigenvalue weighted by Crippen LogP contribution is -2.37. The Bertz CT molecular complexity index is 590. The number of unbranched alkanes of at least 4 members (excludes halogenated alkanes) is 24. The summed E-state index contributed by atoms with van der Waals surface area (Å²) in [5.74, 6) is 1.61. The maximum atomic E-state index is 2.62. The Labute approximate surface area is 240 Å². The van der Waals surface area contributed by atoms with Crippen LogP contribution < -0.4 is 4.57 Å². The van der Waals surface area contributed by atoms with Crippen molar-refractivity contribution in [2.24, 2.45) is 0 Å². The molecule has 0 aliphatic rings. The van der Waals surface area contributed by atoms with E-state index in [0.29, 0.717) is 0 Å². The molecule has 0 saturated heterocycles. The van der Waals surface area contributed by atoms with Crippen LogP contribution in [0.2, 0.25) is 0 Å². The van der Waals surface area contributed by atoms with Crippen LogP contribution >= 0.6 is 0 Å². The Kier molecular flexibility index (Phi) is 25.7. The molecule has 2 nitrogen and oxygen atoms in total. The van der Waals surface area contributed by atoms with Crippen LogP contribution in [0.4, 0.5) is 0 Å². The average molecular weight is 532 g/mol. The van der Waals surface area contributed by atoms with Gasteiger partial charge in [0, 0.05) is 6.42 Å². The van der Waals surface area contributed by atoms with Crippen LogP contribution in [-0.2, 0) is 19.5 Å². The summed E-state index contributed by atoms with van der Waals surface area (Å²) >= 11 is 0. The predicted molar refractivity (Wildman–Crippen MR) is 170 cm³/mol. The SMILES string of the molecule is CCCCCCCCCCCCCCCC[n+]1ccn(CCCCCC)c1CCCCCCCCCCC. The van der Waals surface area contributed by atoms with Crippen LogP contribution in [0.1, 0.15) is 200 Å². The molecule has 0 aliphatic carbocycles. The predicted octanol–water partition coefficient (Wildman–Crippen LogP) is 11.9. The Hall–Kier alpha value is -0.790. The van der Waals surface area contributed by atoms with Gasteiger partial charge in [0.25, 0.3) is 5.82 Å². The van der Waals surface area contributed by atoms with Crippen LogP contribution in [0.25, 0.3) is 0 Å². The highest BCUT2D eigenvalue weighted by atomic mass is 15.1. The molecule has 0 spiro atoms. The van der Waals surface area contributed by atoms with E-state index in [9.17, 15) is 0 Å². The zero-order valence-corrected chi connectivity index (χ0v) is 26.8. The number of hydrogen-bond donors (Lipinski definition) is 0. The van der Waals surface area contributed by atoms with Crippen LogP contribution in [-0.4, -0.2) is 4.57 Å². The summed E-state index contributed by atoms with van der Waals surface area (Å²) in [5.41, 5.74) is 0. The Balaban J connectivity index is 2.21. The number of imidazole rings is 1. The van der Waals surface area contributed by atoms with Gasteiger partial charge in [-0.2, -0.15) is 0 Å². The van der Waals surface area contributed by atoms with E-state index in [2.05, 4.69) is 42.3 Å². The van der Waals surface area contributed by atoms with E-state index in [1.807, 2.05) is 0 Å². The van der Waals surface area contributed by atoms with Crippen molar-refractivity contribution in [1.29, 1.82) is 0 Å². The van der Waals surface area contributed by atoms with Gasteiger partial charge in [-0.3, -0.25) is 0 Å². The van der Waals surface area contributed by atoms with E-state index < -0.39 is 0 Å². The van der Waals surface area contributed by atoms with Gasteiger partial charge in [-0.05, 0) is 32.1 Å². The van der Waals surface area contributed by atoms with E-state index in [1.54, 1.807) is 5.82 Å². The summed E-state index contributed by atoms with van der Waals surface area (Å²) < 4.78 is 5.22. The minimum atomic E-state index is 1.22. The highest BCUT2D eigenvalue weighted by Gasteiger charge is 2.16. The molecule has 0 amide bonds. The summed E-state index contributed by atoms with van der Waals surface area (Å²) in [5, 5.41) is 0. The third-order valence-electron chi connectivity index (χ3n) is 8.60. The molecule has 38 heavy (non-hydrogen) atoms. The molecule has 1 heterocycles. The van der Waals surface area contributed by atoms with Crippen LogP contribution in [0.15, 0.2) is 12.4 Å². The molecule has 0 unspecified atom stereocenters. The fourth-order valence-electron chi connectivity index (χ4n) is 5.97. The monoisotopic (exact) mass is 532 g/mol. The minimum absolute atomic E-state index is 1.22. The lowest BCUT2D eigenvalue weighted by Gasteiger charge is -2.07. The van der Waals surface area contributed by atoms with E-state index in [4.69, 9.17) is 0 Å². The van der Waals surface area contributed by atoms with Crippen LogP contribution in [0, 0.1) is 0 Å². The zero-order chi connectivity index (χ0) is 27.4. The Morgan fingerprint density at radius 1 is 0.447 bits per heavy atom. The highest BCUT2D eigenvalue weighted by molar-refractivity contribution is 4.84. The first-order valence-corrected chi connectivity index (χ1v) is 17.9. The van der Waals surface area contributed by atoms with Crippen molar-refractivity contribution in [2.45, 2.75) is 214 Å². The molecule has 0 atom stereocenters. The fraction of sp³-hybridized carbons (Fsp3) is 0.917. The van der Waals surface area contributed by atoms with Crippen LogP contribution in [0.3, 0.4) is 0 Å². The summed E-state index contributed by atoms with van der Waals surface area (Å²) in [7, 11) is 0. The van der Waals surface area contributed by atoms with E-state index in [-0.39, 0.29) is 0 Å². The van der Waals surface area contributed by atoms with Gasteiger partial charge < -0.3 is 0 Å². The second-order valence-electron chi connectivity index (χ2n) is 12.3. The number of aryl methyl sites for hydroxylation is 2. The van der Waals surface area contributed by atoms with Crippen molar-refractivity contribution in [1.82, 2.24) is 4.57 Å². The number of hydrogen-bond acceptors (Lipinski definition) is 0. The molecule has 1 aromatic rings. The minimum Gasteiger partial charge on any atom is -0.234 e. The molecule has 1 rings (SSSR count). The lowest BCUT2D eigenvalue weighted by atomic mass is 10.0. The summed E-state index contributed by atoms with van der Waals surface area (Å²) in [6.45, 7) is 9.38. The van der Waals surface area contributed by atoms with Crippen molar-refractivity contribution in [3.05, 3.63) is 18.2 Å². The van der Waals surface area contributed by atoms with Gasteiger partial charge in [0.2, 0.25) is 0 Å². The average Bonchev–Trinajstić information content (AvgIpc) is 3.31. The van der Waals surface area contributed by atoms with Gasteiger partial charge in [-0.25, -0.2) is 9.13 Å². The zero-order valence-electron chi connectivity index (χ0n) is 26.8. The van der Waals surface area contributed by atoms with Crippen molar-refractivity contribution in [3.63, 3.8) is 0 Å². The Morgan fingerprint density at radius 3 is 1.26 bits per heavy atom. The van der Waals surface area contributed by atoms with Gasteiger partial charge in [0.05, 0.1) is 13.1 Å². The third-order valence-corrected chi connectivity index (χ3v) is 8.60. The highest BCUT2D eigenvalue weighted by Crippen LogP contribution is 2.14. The van der Waals surface area contributed by atoms with Crippen LogP contribution in [0.5, 0.6) is 0 Å². The second kappa shape index (κ2) is 27.8. The van der Waals surface area contributed by atoms with E-state index in [0.717, 1.165) is 0 Å². The molecule has 0 saturated carbocycles. The molecule has 1 aromatic heterocycles. The second-order valence-corrected chi connectivity index (χ2v) is 12.3. The maximum Gasteiger partial charge on any atom is 0.256 e. The molecule has 0 bridgehead atoms. The Morgan fingerprint density at radius 2 is 0.816 bits per heavy atom. The molecule has 0 N–H and O–H groups in total. The first-order chi connectivity index (χ1) is 18.8. The first kappa shape index (κ1) is 35.2. The van der Waals surface area contributed by atoms with Crippen molar-refractivity contribution >= 4 is 0 Å². The maximum absolute atomic E-state index is 2.62. The summed E-state index contributed by atoms with van der Waals surface area (Å²) in [6, 6.07) is 0. The number of aromatic nitrogens is 2. The molecule has 0 aliphatic heterocycles. The standard InChI is InChI=1S/C36H71N2/c1-4-7-10-13-15-17-18-19-20-21-23-25-27-30-33-38-35-34-37(32-29-12-9-6-3)36(38)31-28-26-24-22-16-14-11-8-5-2/h34-35H,4-33H2,1-3H3/q+1. The van der Waals surface area contributed by atoms with Crippen molar-refractivity contribution < 1.29 is 4.57 Å². The topological polar surface area (TPSA) is 8.81 Å². The largest absolute Gasteiger partial charge is 0.256 e. The van der Waals surface area contributed by atoms with Gasteiger partial charge in [-0.1, -0.05) is 162 Å². The molecule has 0 fully saturated rings. The summed E-state index contributed by atoms with van der Waals surface area (Å²) in [4.78, 5) is 0. The van der Waals surface area contributed by atoms with Gasteiger partial charge in [-0.15, -0.1) is 0 Å². The van der Waals surface area contributed by atoms with Crippen molar-refractivity contribution in [2.75, 3.05) is 0 Å². The number of nitrogens with zero attached hydrogens (tertiary/aromatic N) is 2. The number of rotatable bonds is 30.